The maximum atomic E-state index is 8.33. The minimum atomic E-state index is -2.33. The molecule has 7 heavy (non-hydrogen) atoms. The predicted octanol–water partition coefficient (Wildman–Crippen LogP) is -2.63. The summed E-state index contributed by atoms with van der Waals surface area (Å²) in [6.07, 6.45) is -2.33. The quantitative estimate of drug-likeness (QED) is 0.407. The summed E-state index contributed by atoms with van der Waals surface area (Å²) in [4.78, 5) is 8.33. The summed E-state index contributed by atoms with van der Waals surface area (Å²) >= 11 is 0. The van der Waals surface area contributed by atoms with E-state index < -0.39 is 6.16 Å². The summed E-state index contributed by atoms with van der Waals surface area (Å²) in [6, 6.07) is 0. The fourth-order valence-electron chi connectivity index (χ4n) is 0. The maximum absolute atomic E-state index is 8.33. The van der Waals surface area contributed by atoms with Gasteiger partial charge in [0.25, 0.3) is 0 Å². The van der Waals surface area contributed by atoms with E-state index in [1.54, 1.807) is 0 Å². The van der Waals surface area contributed by atoms with Gasteiger partial charge in [-0.15, -0.1) is 0 Å². The number of hydrogen-bond donors (Lipinski definition) is 0. The van der Waals surface area contributed by atoms with Gasteiger partial charge in [-0.25, -0.2) is 0 Å². The number of carboxylic acid groups (broad SMARTS) is 2. The SMILES string of the molecule is O=C([O-])[O-].[OH-].[Zn+2].[Zn+2]. The van der Waals surface area contributed by atoms with Gasteiger partial charge in [-0.1, -0.05) is 0 Å². The Kier molecular flexibility index (Phi) is 59.6. The van der Waals surface area contributed by atoms with E-state index in [2.05, 4.69) is 0 Å². The van der Waals surface area contributed by atoms with Crippen LogP contribution in [0.4, 0.5) is 4.79 Å². The van der Waals surface area contributed by atoms with E-state index in [1.807, 2.05) is 0 Å². The van der Waals surface area contributed by atoms with Gasteiger partial charge in [-0.05, 0) is 6.16 Å². The summed E-state index contributed by atoms with van der Waals surface area (Å²) in [5.41, 5.74) is 0. The molecule has 0 bridgehead atoms. The molecule has 0 saturated heterocycles. The van der Waals surface area contributed by atoms with E-state index in [-0.39, 0.29) is 44.4 Å². The van der Waals surface area contributed by atoms with Crippen molar-refractivity contribution < 1.29 is 59.4 Å². The van der Waals surface area contributed by atoms with Crippen LogP contribution in [0.5, 0.6) is 0 Å². The molecular formula is CHO4Zn2+. The molecule has 0 unspecified atom stereocenters. The van der Waals surface area contributed by atoms with E-state index in [0.717, 1.165) is 0 Å². The first-order valence-corrected chi connectivity index (χ1v) is 0.612. The molecule has 4 nitrogen and oxygen atoms in total. The van der Waals surface area contributed by atoms with E-state index in [0.29, 0.717) is 0 Å². The van der Waals surface area contributed by atoms with E-state index in [1.165, 1.54) is 0 Å². The van der Waals surface area contributed by atoms with Crippen LogP contribution in [0.25, 0.3) is 0 Å². The van der Waals surface area contributed by atoms with Crippen LogP contribution in [-0.2, 0) is 39.0 Å². The van der Waals surface area contributed by atoms with Gasteiger partial charge in [0.15, 0.2) is 0 Å². The summed E-state index contributed by atoms with van der Waals surface area (Å²) in [6.45, 7) is 0. The van der Waals surface area contributed by atoms with Crippen LogP contribution < -0.4 is 10.2 Å². The molecule has 0 fully saturated rings. The first-order valence-electron chi connectivity index (χ1n) is 0.612. The monoisotopic (exact) mass is 205 g/mol. The summed E-state index contributed by atoms with van der Waals surface area (Å²) < 4.78 is 0. The van der Waals surface area contributed by atoms with Crippen molar-refractivity contribution in [3.05, 3.63) is 0 Å². The smallest absolute Gasteiger partial charge is 0.870 e. The second-order valence-electron chi connectivity index (χ2n) is 0.250. The zero-order valence-corrected chi connectivity index (χ0v) is 9.52. The molecule has 0 aliphatic carbocycles. The van der Waals surface area contributed by atoms with E-state index in [4.69, 9.17) is 15.0 Å². The number of hydrogen-bond acceptors (Lipinski definition) is 4. The Morgan fingerprint density at radius 1 is 1.14 bits per heavy atom. The Labute approximate surface area is 65.7 Å². The standard InChI is InChI=1S/CH2O3.H2O.2Zn/c2-1(3)4;;;/h(H2,2,3,4);1H2;;/q;;2*+2/p-3. The van der Waals surface area contributed by atoms with Crippen LogP contribution in [0.3, 0.4) is 0 Å². The molecule has 0 atom stereocenters. The van der Waals surface area contributed by atoms with Crippen molar-refractivity contribution in [1.29, 1.82) is 0 Å². The Morgan fingerprint density at radius 2 is 1.14 bits per heavy atom. The topological polar surface area (TPSA) is 93.2 Å². The van der Waals surface area contributed by atoms with Crippen molar-refractivity contribution in [3.8, 4) is 0 Å². The fraction of sp³-hybridized carbons (Fsp3) is 0. The van der Waals surface area contributed by atoms with Crippen LogP contribution in [-0.4, -0.2) is 11.6 Å². The molecule has 0 saturated carbocycles. The third-order valence-electron chi connectivity index (χ3n) is 0. The van der Waals surface area contributed by atoms with Gasteiger partial charge in [-0.2, -0.15) is 0 Å². The van der Waals surface area contributed by atoms with Gasteiger partial charge in [0.1, 0.15) is 0 Å². The van der Waals surface area contributed by atoms with Crippen LogP contribution in [0.15, 0.2) is 0 Å². The number of rotatable bonds is 0. The first-order chi connectivity index (χ1) is 1.73. The molecule has 0 aromatic heterocycles. The van der Waals surface area contributed by atoms with Gasteiger partial charge in [0.05, 0.1) is 0 Å². The first kappa shape index (κ1) is 25.9. The fourth-order valence-corrected chi connectivity index (χ4v) is 0. The van der Waals surface area contributed by atoms with Crippen molar-refractivity contribution in [2.45, 2.75) is 0 Å². The van der Waals surface area contributed by atoms with Crippen LogP contribution >= 0.6 is 0 Å². The van der Waals surface area contributed by atoms with Crippen molar-refractivity contribution >= 4 is 6.16 Å². The zero-order valence-electron chi connectivity index (χ0n) is 3.59. The average Bonchev–Trinajstić information content (AvgIpc) is 0.811. The summed E-state index contributed by atoms with van der Waals surface area (Å²) in [5, 5.41) is 16.7. The molecule has 6 heteroatoms. The Morgan fingerprint density at radius 3 is 1.14 bits per heavy atom. The molecule has 0 spiro atoms. The van der Waals surface area contributed by atoms with E-state index >= 15 is 0 Å². The minimum absolute atomic E-state index is 0. The van der Waals surface area contributed by atoms with Crippen LogP contribution in [0.2, 0.25) is 0 Å². The Bertz CT molecular complexity index is 32.7. The molecule has 32 valence electrons. The zero-order chi connectivity index (χ0) is 3.58. The second-order valence-corrected chi connectivity index (χ2v) is 0.250. The Hall–Kier alpha value is 0.477. The number of carbonyl (C=O) groups is 1. The van der Waals surface area contributed by atoms with Gasteiger partial charge in [0.2, 0.25) is 0 Å². The van der Waals surface area contributed by atoms with Crippen molar-refractivity contribution in [1.82, 2.24) is 0 Å². The number of carbonyl (C=O) groups excluding carboxylic acids is 1. The van der Waals surface area contributed by atoms with Gasteiger partial charge < -0.3 is 20.5 Å². The van der Waals surface area contributed by atoms with Crippen molar-refractivity contribution in [2.75, 3.05) is 0 Å². The third-order valence-corrected chi connectivity index (χ3v) is 0. The third kappa shape index (κ3) is 571. The molecule has 0 heterocycles. The minimum Gasteiger partial charge on any atom is -0.870 e. The average molecular weight is 208 g/mol. The molecule has 0 amide bonds. The molecule has 0 aromatic carbocycles. The summed E-state index contributed by atoms with van der Waals surface area (Å²) in [7, 11) is 0. The second kappa shape index (κ2) is 16.1. The molecule has 0 radical (unpaired) electrons. The molecular weight excluding hydrogens is 207 g/mol. The van der Waals surface area contributed by atoms with Crippen molar-refractivity contribution in [2.24, 2.45) is 0 Å². The molecule has 0 aliphatic heterocycles. The Balaban J connectivity index is -0.0000000150. The molecule has 0 aromatic rings. The molecule has 0 rings (SSSR count). The largest absolute Gasteiger partial charge is 2.00 e. The predicted molar refractivity (Wildman–Crippen MR) is 7.33 cm³/mol. The van der Waals surface area contributed by atoms with Crippen LogP contribution in [0.1, 0.15) is 0 Å². The van der Waals surface area contributed by atoms with Crippen LogP contribution in [0, 0.1) is 0 Å². The summed E-state index contributed by atoms with van der Waals surface area (Å²) in [5.74, 6) is 0. The van der Waals surface area contributed by atoms with E-state index in [9.17, 15) is 0 Å². The maximum Gasteiger partial charge on any atom is 2.00 e. The van der Waals surface area contributed by atoms with Gasteiger partial charge in [-0.3, -0.25) is 0 Å². The molecule has 0 aliphatic rings. The van der Waals surface area contributed by atoms with Crippen molar-refractivity contribution in [3.63, 3.8) is 0 Å². The van der Waals surface area contributed by atoms with Gasteiger partial charge in [0, 0.05) is 0 Å². The molecule has 1 N–H and O–H groups in total. The van der Waals surface area contributed by atoms with Gasteiger partial charge >= 0.3 is 39.0 Å². The normalized spacial score (nSPS) is 3.43.